The van der Waals surface area contributed by atoms with Gasteiger partial charge < -0.3 is 15.6 Å². The summed E-state index contributed by atoms with van der Waals surface area (Å²) in [6.07, 6.45) is 4.95. The van der Waals surface area contributed by atoms with Gasteiger partial charge in [0.2, 0.25) is 0 Å². The molecular weight excluding hydrogens is 284 g/mol. The number of benzene rings is 1. The van der Waals surface area contributed by atoms with Gasteiger partial charge in [-0.15, -0.1) is 12.4 Å². The number of halogens is 1. The number of pyridine rings is 1. The molecule has 0 radical (unpaired) electrons. The van der Waals surface area contributed by atoms with Crippen LogP contribution >= 0.6 is 12.4 Å². The van der Waals surface area contributed by atoms with Crippen molar-refractivity contribution in [3.05, 3.63) is 42.2 Å². The van der Waals surface area contributed by atoms with Crippen LogP contribution < -0.4 is 11.1 Å². The van der Waals surface area contributed by atoms with Crippen LogP contribution in [-0.2, 0) is 13.5 Å². The van der Waals surface area contributed by atoms with Crippen molar-refractivity contribution >= 4 is 34.8 Å². The fourth-order valence-electron chi connectivity index (χ4n) is 3.02. The summed E-state index contributed by atoms with van der Waals surface area (Å²) in [5.41, 5.74) is 12.9. The zero-order chi connectivity index (χ0) is 13.7. The number of rotatable bonds is 1. The first kappa shape index (κ1) is 13.8. The molecule has 0 amide bonds. The Bertz CT molecular complexity index is 823. The minimum atomic E-state index is 0. The monoisotopic (exact) mass is 300 g/mol. The molecule has 0 atom stereocenters. The average molecular weight is 301 g/mol. The molecule has 5 heteroatoms. The highest BCUT2D eigenvalue weighted by atomic mass is 35.5. The molecule has 3 heterocycles. The van der Waals surface area contributed by atoms with Crippen molar-refractivity contribution in [3.8, 4) is 11.1 Å². The molecule has 0 bridgehead atoms. The summed E-state index contributed by atoms with van der Waals surface area (Å²) in [6.45, 7) is 1.03. The molecule has 21 heavy (non-hydrogen) atoms. The highest BCUT2D eigenvalue weighted by molar-refractivity contribution is 6.02. The Labute approximate surface area is 129 Å². The predicted molar refractivity (Wildman–Crippen MR) is 90.0 cm³/mol. The second-order valence-corrected chi connectivity index (χ2v) is 5.30. The van der Waals surface area contributed by atoms with Gasteiger partial charge in [0.05, 0.1) is 0 Å². The number of nitrogens with zero attached hydrogens (tertiary/aromatic N) is 2. The summed E-state index contributed by atoms with van der Waals surface area (Å²) in [7, 11) is 2.01. The molecule has 1 aliphatic heterocycles. The van der Waals surface area contributed by atoms with Crippen molar-refractivity contribution in [2.75, 3.05) is 17.6 Å². The van der Waals surface area contributed by atoms with E-state index in [0.29, 0.717) is 0 Å². The van der Waals surface area contributed by atoms with Crippen LogP contribution in [0.25, 0.3) is 22.2 Å². The summed E-state index contributed by atoms with van der Waals surface area (Å²) in [5, 5.41) is 4.43. The summed E-state index contributed by atoms with van der Waals surface area (Å²) >= 11 is 0. The Morgan fingerprint density at radius 1 is 1.29 bits per heavy atom. The van der Waals surface area contributed by atoms with Gasteiger partial charge in [-0.25, -0.2) is 4.98 Å². The molecule has 3 aromatic rings. The van der Waals surface area contributed by atoms with Crippen molar-refractivity contribution in [3.63, 3.8) is 0 Å². The number of nitrogen functional groups attached to an aromatic ring is 1. The lowest BCUT2D eigenvalue weighted by atomic mass is 10.0. The zero-order valence-electron chi connectivity index (χ0n) is 11.8. The van der Waals surface area contributed by atoms with Gasteiger partial charge in [-0.05, 0) is 35.7 Å². The fourth-order valence-corrected chi connectivity index (χ4v) is 3.02. The normalized spacial score (nSPS) is 12.8. The summed E-state index contributed by atoms with van der Waals surface area (Å²) in [4.78, 5) is 4.43. The fraction of sp³-hybridized carbons (Fsp3) is 0.188. The minimum absolute atomic E-state index is 0. The van der Waals surface area contributed by atoms with Crippen molar-refractivity contribution in [1.29, 1.82) is 0 Å². The van der Waals surface area contributed by atoms with Crippen LogP contribution in [0.1, 0.15) is 5.56 Å². The summed E-state index contributed by atoms with van der Waals surface area (Å²) in [5.74, 6) is 0. The van der Waals surface area contributed by atoms with Gasteiger partial charge in [0.15, 0.2) is 0 Å². The van der Waals surface area contributed by atoms with Crippen LogP contribution in [0.4, 0.5) is 11.4 Å². The first-order valence-electron chi connectivity index (χ1n) is 6.81. The second kappa shape index (κ2) is 4.97. The quantitative estimate of drug-likeness (QED) is 0.725. The van der Waals surface area contributed by atoms with E-state index in [2.05, 4.69) is 34.7 Å². The molecule has 0 aliphatic carbocycles. The van der Waals surface area contributed by atoms with Gasteiger partial charge in [0.1, 0.15) is 5.65 Å². The number of nitrogens with one attached hydrogen (secondary N) is 1. The van der Waals surface area contributed by atoms with Crippen LogP contribution in [0.3, 0.4) is 0 Å². The predicted octanol–water partition coefficient (Wildman–Crippen LogP) is 3.21. The maximum absolute atomic E-state index is 6.15. The van der Waals surface area contributed by atoms with Crippen molar-refractivity contribution in [2.24, 2.45) is 7.05 Å². The first-order chi connectivity index (χ1) is 9.74. The molecule has 0 fully saturated rings. The summed E-state index contributed by atoms with van der Waals surface area (Å²) < 4.78 is 2.03. The number of hydrogen-bond acceptors (Lipinski definition) is 3. The van der Waals surface area contributed by atoms with Crippen LogP contribution in [-0.4, -0.2) is 16.1 Å². The van der Waals surface area contributed by atoms with Crippen LogP contribution in [0.2, 0.25) is 0 Å². The number of hydrogen-bond donors (Lipinski definition) is 2. The molecule has 1 aromatic carbocycles. The van der Waals surface area contributed by atoms with Crippen molar-refractivity contribution in [1.82, 2.24) is 9.55 Å². The highest BCUT2D eigenvalue weighted by Gasteiger charge is 2.15. The Hall–Kier alpha value is -2.20. The Morgan fingerprint density at radius 3 is 3.00 bits per heavy atom. The van der Waals surface area contributed by atoms with Crippen LogP contribution in [0.5, 0.6) is 0 Å². The number of aryl methyl sites for hydroxylation is 1. The molecule has 4 rings (SSSR count). The third-order valence-electron chi connectivity index (χ3n) is 4.02. The van der Waals surface area contributed by atoms with E-state index in [9.17, 15) is 0 Å². The molecule has 0 saturated carbocycles. The molecular formula is C16H17ClN4. The summed E-state index contributed by atoms with van der Waals surface area (Å²) in [6, 6.07) is 8.43. The van der Waals surface area contributed by atoms with E-state index in [1.165, 1.54) is 16.8 Å². The minimum Gasteiger partial charge on any atom is -0.398 e. The maximum Gasteiger partial charge on any atom is 0.142 e. The lowest BCUT2D eigenvalue weighted by Crippen LogP contribution is -1.91. The third kappa shape index (κ3) is 2.03. The van der Waals surface area contributed by atoms with Crippen molar-refractivity contribution < 1.29 is 0 Å². The molecule has 3 N–H and O–H groups in total. The molecule has 108 valence electrons. The Morgan fingerprint density at radius 2 is 2.14 bits per heavy atom. The van der Waals surface area contributed by atoms with Gasteiger partial charge >= 0.3 is 0 Å². The van der Waals surface area contributed by atoms with Gasteiger partial charge in [0, 0.05) is 48.3 Å². The van der Waals surface area contributed by atoms with E-state index in [4.69, 9.17) is 5.73 Å². The third-order valence-corrected chi connectivity index (χ3v) is 4.02. The first-order valence-corrected chi connectivity index (χ1v) is 6.81. The molecule has 2 aromatic heterocycles. The second-order valence-electron chi connectivity index (χ2n) is 5.30. The molecule has 4 nitrogen and oxygen atoms in total. The van der Waals surface area contributed by atoms with E-state index in [-0.39, 0.29) is 12.4 Å². The molecule has 0 spiro atoms. The topological polar surface area (TPSA) is 55.9 Å². The average Bonchev–Trinajstić information content (AvgIpc) is 3.04. The van der Waals surface area contributed by atoms with Crippen LogP contribution in [0.15, 0.2) is 36.7 Å². The van der Waals surface area contributed by atoms with Gasteiger partial charge in [-0.3, -0.25) is 0 Å². The lowest BCUT2D eigenvalue weighted by molar-refractivity contribution is 0.949. The lowest BCUT2D eigenvalue weighted by Gasteiger charge is -2.05. The number of nitrogens with two attached hydrogens (primary N) is 1. The molecule has 0 unspecified atom stereocenters. The largest absolute Gasteiger partial charge is 0.398 e. The zero-order valence-corrected chi connectivity index (χ0v) is 12.6. The van der Waals surface area contributed by atoms with Crippen LogP contribution in [0, 0.1) is 0 Å². The van der Waals surface area contributed by atoms with Gasteiger partial charge in [-0.1, -0.05) is 6.07 Å². The standard InChI is InChI=1S/C16H16N4.ClH/c1-20-9-12(15-13(17)5-7-19-16(15)20)10-2-3-14-11(8-10)4-6-18-14;/h2-3,5,7-9,18H,4,6H2,1H3,(H2,17,19);1H. The van der Waals surface area contributed by atoms with Gasteiger partial charge in [0.25, 0.3) is 0 Å². The number of fused-ring (bicyclic) bond motifs is 2. The van der Waals surface area contributed by atoms with E-state index in [1.807, 2.05) is 17.7 Å². The Balaban J connectivity index is 0.00000132. The molecule has 0 saturated heterocycles. The van der Waals surface area contributed by atoms with E-state index in [1.54, 1.807) is 6.20 Å². The van der Waals surface area contributed by atoms with Crippen molar-refractivity contribution in [2.45, 2.75) is 6.42 Å². The number of aromatic nitrogens is 2. The smallest absolute Gasteiger partial charge is 0.142 e. The van der Waals surface area contributed by atoms with E-state index >= 15 is 0 Å². The Kier molecular flexibility index (Phi) is 3.26. The van der Waals surface area contributed by atoms with Gasteiger partial charge in [-0.2, -0.15) is 0 Å². The maximum atomic E-state index is 6.15. The van der Waals surface area contributed by atoms with E-state index in [0.717, 1.165) is 35.2 Å². The highest BCUT2D eigenvalue weighted by Crippen LogP contribution is 2.35. The SMILES string of the molecule is Cl.Cn1cc(-c2ccc3c(c2)CCN3)c2c(N)ccnc21. The molecule has 1 aliphatic rings. The number of anilines is 2. The van der Waals surface area contributed by atoms with E-state index < -0.39 is 0 Å².